The number of hydrogen-bond donors (Lipinski definition) is 1. The van der Waals surface area contributed by atoms with Crippen LogP contribution in [0, 0.1) is 17.3 Å². The van der Waals surface area contributed by atoms with Gasteiger partial charge in [0.05, 0.1) is 0 Å². The lowest BCUT2D eigenvalue weighted by Crippen LogP contribution is -2.67. The Kier molecular flexibility index (Phi) is 3.92. The predicted octanol–water partition coefficient (Wildman–Crippen LogP) is 3.67. The standard InChI is InChI=1S/C18H34N2/c1-17(2,3)16-11-19-18(4,15-9-10-15)13-20(16)12-14-7-5-6-8-14/h14-16,19H,5-13H2,1-4H3. The van der Waals surface area contributed by atoms with Crippen molar-refractivity contribution >= 4 is 0 Å². The molecule has 2 nitrogen and oxygen atoms in total. The van der Waals surface area contributed by atoms with Crippen LogP contribution in [0.15, 0.2) is 0 Å². The molecule has 1 N–H and O–H groups in total. The number of nitrogens with zero attached hydrogens (tertiary/aromatic N) is 1. The zero-order chi connectivity index (χ0) is 14.4. The largest absolute Gasteiger partial charge is 0.308 e. The van der Waals surface area contributed by atoms with Gasteiger partial charge in [0.15, 0.2) is 0 Å². The summed E-state index contributed by atoms with van der Waals surface area (Å²) in [6, 6.07) is 0.704. The van der Waals surface area contributed by atoms with Crippen LogP contribution in [0.5, 0.6) is 0 Å². The van der Waals surface area contributed by atoms with Gasteiger partial charge in [-0.05, 0) is 49.9 Å². The predicted molar refractivity (Wildman–Crippen MR) is 85.9 cm³/mol. The molecule has 1 saturated heterocycles. The van der Waals surface area contributed by atoms with Gasteiger partial charge in [0, 0.05) is 31.2 Å². The second-order valence-electron chi connectivity index (χ2n) is 9.03. The Morgan fingerprint density at radius 3 is 2.30 bits per heavy atom. The normalized spacial score (nSPS) is 37.5. The van der Waals surface area contributed by atoms with Crippen molar-refractivity contribution in [3.05, 3.63) is 0 Å². The number of hydrogen-bond acceptors (Lipinski definition) is 2. The smallest absolute Gasteiger partial charge is 0.0309 e. The van der Waals surface area contributed by atoms with Crippen molar-refractivity contribution in [3.63, 3.8) is 0 Å². The second-order valence-corrected chi connectivity index (χ2v) is 9.03. The molecule has 2 heteroatoms. The minimum absolute atomic E-state index is 0.385. The van der Waals surface area contributed by atoms with Gasteiger partial charge in [-0.1, -0.05) is 33.6 Å². The van der Waals surface area contributed by atoms with Gasteiger partial charge >= 0.3 is 0 Å². The van der Waals surface area contributed by atoms with Crippen LogP contribution >= 0.6 is 0 Å². The second kappa shape index (κ2) is 5.28. The van der Waals surface area contributed by atoms with Crippen molar-refractivity contribution in [2.24, 2.45) is 17.3 Å². The Hall–Kier alpha value is -0.0800. The molecular formula is C18H34N2. The van der Waals surface area contributed by atoms with Crippen molar-refractivity contribution in [2.45, 2.75) is 77.8 Å². The molecule has 2 atom stereocenters. The maximum absolute atomic E-state index is 3.93. The van der Waals surface area contributed by atoms with E-state index < -0.39 is 0 Å². The van der Waals surface area contributed by atoms with E-state index in [9.17, 15) is 0 Å². The number of rotatable bonds is 3. The lowest BCUT2D eigenvalue weighted by Gasteiger charge is -2.51. The van der Waals surface area contributed by atoms with Gasteiger partial charge in [-0.25, -0.2) is 0 Å². The molecule has 0 spiro atoms. The van der Waals surface area contributed by atoms with Crippen molar-refractivity contribution in [1.29, 1.82) is 0 Å². The molecule has 3 fully saturated rings. The van der Waals surface area contributed by atoms with Crippen LogP contribution in [-0.4, -0.2) is 36.1 Å². The minimum Gasteiger partial charge on any atom is -0.308 e. The van der Waals surface area contributed by atoms with Crippen LogP contribution in [0.3, 0.4) is 0 Å². The third-order valence-electron chi connectivity index (χ3n) is 6.12. The Balaban J connectivity index is 1.71. The van der Waals surface area contributed by atoms with Crippen LogP contribution < -0.4 is 5.32 Å². The minimum atomic E-state index is 0.385. The summed E-state index contributed by atoms with van der Waals surface area (Å²) in [6.07, 6.45) is 8.78. The first-order valence-electron chi connectivity index (χ1n) is 8.87. The highest BCUT2D eigenvalue weighted by Gasteiger charge is 2.48. The first-order valence-corrected chi connectivity index (χ1v) is 8.87. The van der Waals surface area contributed by atoms with E-state index in [2.05, 4.69) is 37.9 Å². The fourth-order valence-electron chi connectivity index (χ4n) is 4.61. The molecular weight excluding hydrogens is 244 g/mol. The van der Waals surface area contributed by atoms with Crippen LogP contribution in [0.25, 0.3) is 0 Å². The monoisotopic (exact) mass is 278 g/mol. The summed E-state index contributed by atoms with van der Waals surface area (Å²) < 4.78 is 0. The maximum atomic E-state index is 3.93. The van der Waals surface area contributed by atoms with E-state index in [-0.39, 0.29) is 0 Å². The fraction of sp³-hybridized carbons (Fsp3) is 1.00. The summed E-state index contributed by atoms with van der Waals surface area (Å²) in [7, 11) is 0. The summed E-state index contributed by atoms with van der Waals surface area (Å²) in [4.78, 5) is 2.87. The summed E-state index contributed by atoms with van der Waals surface area (Å²) >= 11 is 0. The Bertz CT molecular complexity index is 336. The Morgan fingerprint density at radius 1 is 1.10 bits per heavy atom. The van der Waals surface area contributed by atoms with E-state index in [0.717, 1.165) is 11.8 Å². The zero-order valence-electron chi connectivity index (χ0n) is 14.0. The van der Waals surface area contributed by atoms with Crippen LogP contribution in [0.1, 0.15) is 66.2 Å². The van der Waals surface area contributed by atoms with Gasteiger partial charge < -0.3 is 5.32 Å². The van der Waals surface area contributed by atoms with E-state index in [1.54, 1.807) is 0 Å². The Morgan fingerprint density at radius 2 is 1.75 bits per heavy atom. The first kappa shape index (κ1) is 14.8. The summed E-state index contributed by atoms with van der Waals surface area (Å²) in [5.74, 6) is 1.91. The summed E-state index contributed by atoms with van der Waals surface area (Å²) in [5, 5.41) is 3.93. The topological polar surface area (TPSA) is 15.3 Å². The molecule has 1 heterocycles. The molecule has 0 bridgehead atoms. The third kappa shape index (κ3) is 3.06. The number of nitrogens with one attached hydrogen (secondary N) is 1. The molecule has 0 aromatic heterocycles. The van der Waals surface area contributed by atoms with Gasteiger partial charge in [-0.2, -0.15) is 0 Å². The van der Waals surface area contributed by atoms with Gasteiger partial charge in [-0.3, -0.25) is 4.90 Å². The molecule has 2 unspecified atom stereocenters. The highest BCUT2D eigenvalue weighted by Crippen LogP contribution is 2.43. The van der Waals surface area contributed by atoms with E-state index in [1.807, 2.05) is 0 Å². The van der Waals surface area contributed by atoms with E-state index in [0.29, 0.717) is 17.0 Å². The molecule has 3 rings (SSSR count). The van der Waals surface area contributed by atoms with Crippen molar-refractivity contribution in [3.8, 4) is 0 Å². The van der Waals surface area contributed by atoms with Gasteiger partial charge in [0.25, 0.3) is 0 Å². The SMILES string of the molecule is CC(C)(C)C1CNC(C)(C2CC2)CN1CC1CCCC1. The highest BCUT2D eigenvalue weighted by atomic mass is 15.3. The molecule has 2 aliphatic carbocycles. The van der Waals surface area contributed by atoms with Crippen LogP contribution in [0.2, 0.25) is 0 Å². The van der Waals surface area contributed by atoms with Gasteiger partial charge in [0.1, 0.15) is 0 Å². The molecule has 0 amide bonds. The fourth-order valence-corrected chi connectivity index (χ4v) is 4.61. The summed E-state index contributed by atoms with van der Waals surface area (Å²) in [5.41, 5.74) is 0.775. The molecule has 0 radical (unpaired) electrons. The van der Waals surface area contributed by atoms with Gasteiger partial charge in [0.2, 0.25) is 0 Å². The van der Waals surface area contributed by atoms with E-state index in [4.69, 9.17) is 0 Å². The van der Waals surface area contributed by atoms with Gasteiger partial charge in [-0.15, -0.1) is 0 Å². The average molecular weight is 278 g/mol. The first-order chi connectivity index (χ1) is 9.38. The molecule has 116 valence electrons. The van der Waals surface area contributed by atoms with Crippen LogP contribution in [-0.2, 0) is 0 Å². The number of piperazine rings is 1. The molecule has 2 saturated carbocycles. The quantitative estimate of drug-likeness (QED) is 0.847. The van der Waals surface area contributed by atoms with E-state index >= 15 is 0 Å². The van der Waals surface area contributed by atoms with Crippen LogP contribution in [0.4, 0.5) is 0 Å². The van der Waals surface area contributed by atoms with Crippen molar-refractivity contribution in [1.82, 2.24) is 10.2 Å². The molecule has 0 aromatic carbocycles. The van der Waals surface area contributed by atoms with E-state index in [1.165, 1.54) is 58.2 Å². The lowest BCUT2D eigenvalue weighted by atomic mass is 9.80. The lowest BCUT2D eigenvalue weighted by molar-refractivity contribution is 0.0105. The molecule has 1 aliphatic heterocycles. The van der Waals surface area contributed by atoms with Crippen molar-refractivity contribution in [2.75, 3.05) is 19.6 Å². The molecule has 3 aliphatic rings. The summed E-state index contributed by atoms with van der Waals surface area (Å²) in [6.45, 7) is 13.5. The maximum Gasteiger partial charge on any atom is 0.0309 e. The molecule has 20 heavy (non-hydrogen) atoms. The zero-order valence-corrected chi connectivity index (χ0v) is 14.0. The average Bonchev–Trinajstić information content (AvgIpc) is 3.09. The highest BCUT2D eigenvalue weighted by molar-refractivity contribution is 5.06. The Labute approximate surface area is 125 Å². The third-order valence-corrected chi connectivity index (χ3v) is 6.12. The molecule has 0 aromatic rings. The van der Waals surface area contributed by atoms with Crippen molar-refractivity contribution < 1.29 is 0 Å².